The topological polar surface area (TPSA) is 38.9 Å². The average molecular weight is 192 g/mol. The van der Waals surface area contributed by atoms with Crippen LogP contribution in [-0.4, -0.2) is 10.3 Å². The van der Waals surface area contributed by atoms with Gasteiger partial charge in [0.25, 0.3) is 0 Å². The number of aromatic nitrogens is 2. The van der Waals surface area contributed by atoms with Crippen molar-refractivity contribution in [2.24, 2.45) is 5.92 Å². The number of hydrogen-bond acceptors (Lipinski definition) is 3. The lowest BCUT2D eigenvalue weighted by molar-refractivity contribution is 0.305. The zero-order chi connectivity index (χ0) is 10.4. The minimum absolute atomic E-state index is 0.663. The minimum atomic E-state index is 0.663. The van der Waals surface area contributed by atoms with E-state index < -0.39 is 0 Å². The fourth-order valence-electron chi connectivity index (χ4n) is 1.04. The summed E-state index contributed by atoms with van der Waals surface area (Å²) >= 11 is 0. The second-order valence-electron chi connectivity index (χ2n) is 3.57. The Hall–Kier alpha value is -1.38. The van der Waals surface area contributed by atoms with Gasteiger partial charge in [0.1, 0.15) is 11.4 Å². The SMILES string of the molecule is C/C=C\c1nonc1/C=C/CC(C)C. The molecule has 3 nitrogen and oxygen atoms in total. The second kappa shape index (κ2) is 5.37. The standard InChI is InChI=1S/C11H16N2O/c1-4-6-10-11(13-14-12-10)8-5-7-9(2)3/h4-6,8-9H,7H2,1-3H3/b6-4-,8-5+. The van der Waals surface area contributed by atoms with Crippen molar-refractivity contribution in [3.05, 3.63) is 23.5 Å². The summed E-state index contributed by atoms with van der Waals surface area (Å²) < 4.78 is 4.65. The summed E-state index contributed by atoms with van der Waals surface area (Å²) in [6, 6.07) is 0. The summed E-state index contributed by atoms with van der Waals surface area (Å²) in [6.07, 6.45) is 8.88. The smallest absolute Gasteiger partial charge is 0.134 e. The molecule has 0 spiro atoms. The van der Waals surface area contributed by atoms with Crippen LogP contribution >= 0.6 is 0 Å². The lowest BCUT2D eigenvalue weighted by Crippen LogP contribution is -1.82. The van der Waals surface area contributed by atoms with Crippen LogP contribution in [0.5, 0.6) is 0 Å². The van der Waals surface area contributed by atoms with E-state index in [-0.39, 0.29) is 0 Å². The van der Waals surface area contributed by atoms with Crippen molar-refractivity contribution >= 4 is 12.2 Å². The predicted molar refractivity (Wildman–Crippen MR) is 57.5 cm³/mol. The summed E-state index contributed by atoms with van der Waals surface area (Å²) in [5.74, 6) is 0.663. The first-order chi connectivity index (χ1) is 6.74. The van der Waals surface area contributed by atoms with Crippen molar-refractivity contribution in [1.29, 1.82) is 0 Å². The monoisotopic (exact) mass is 192 g/mol. The molecule has 0 aliphatic carbocycles. The molecule has 1 rings (SSSR count). The Labute approximate surface area is 84.5 Å². The Morgan fingerprint density at radius 2 is 1.86 bits per heavy atom. The molecule has 1 aromatic heterocycles. The van der Waals surface area contributed by atoms with Crippen LogP contribution < -0.4 is 0 Å². The average Bonchev–Trinajstić information content (AvgIpc) is 2.53. The van der Waals surface area contributed by atoms with Gasteiger partial charge in [-0.25, -0.2) is 4.63 Å². The first kappa shape index (κ1) is 10.7. The van der Waals surface area contributed by atoms with E-state index in [1.807, 2.05) is 25.2 Å². The molecule has 0 unspecified atom stereocenters. The van der Waals surface area contributed by atoms with E-state index in [1.54, 1.807) is 0 Å². The van der Waals surface area contributed by atoms with E-state index in [4.69, 9.17) is 0 Å². The van der Waals surface area contributed by atoms with Gasteiger partial charge in [0, 0.05) is 0 Å². The maximum atomic E-state index is 4.65. The first-order valence-electron chi connectivity index (χ1n) is 4.85. The van der Waals surface area contributed by atoms with Gasteiger partial charge < -0.3 is 0 Å². The summed E-state index contributed by atoms with van der Waals surface area (Å²) in [7, 11) is 0. The third-order valence-corrected chi connectivity index (χ3v) is 1.75. The quantitative estimate of drug-likeness (QED) is 0.735. The Morgan fingerprint density at radius 3 is 2.43 bits per heavy atom. The first-order valence-corrected chi connectivity index (χ1v) is 4.85. The highest BCUT2D eigenvalue weighted by Gasteiger charge is 2.01. The van der Waals surface area contributed by atoms with E-state index >= 15 is 0 Å². The van der Waals surface area contributed by atoms with Crippen LogP contribution in [0.15, 0.2) is 16.8 Å². The van der Waals surface area contributed by atoms with Gasteiger partial charge in [0.05, 0.1) is 0 Å². The summed E-state index contributed by atoms with van der Waals surface area (Å²) in [5, 5.41) is 7.59. The predicted octanol–water partition coefficient (Wildman–Crippen LogP) is 3.16. The minimum Gasteiger partial charge on any atom is -0.243 e. The van der Waals surface area contributed by atoms with Gasteiger partial charge in [0.15, 0.2) is 0 Å². The van der Waals surface area contributed by atoms with Crippen molar-refractivity contribution in [3.63, 3.8) is 0 Å². The molecule has 14 heavy (non-hydrogen) atoms. The van der Waals surface area contributed by atoms with E-state index in [0.29, 0.717) is 5.92 Å². The normalized spacial score (nSPS) is 12.3. The molecule has 76 valence electrons. The van der Waals surface area contributed by atoms with E-state index in [2.05, 4.69) is 34.9 Å². The molecule has 1 heterocycles. The molecule has 0 saturated carbocycles. The van der Waals surface area contributed by atoms with Gasteiger partial charge in [0.2, 0.25) is 0 Å². The van der Waals surface area contributed by atoms with Crippen molar-refractivity contribution < 1.29 is 4.63 Å². The van der Waals surface area contributed by atoms with Crippen molar-refractivity contribution in [3.8, 4) is 0 Å². The summed E-state index contributed by atoms with van der Waals surface area (Å²) in [4.78, 5) is 0. The fourth-order valence-corrected chi connectivity index (χ4v) is 1.04. The molecule has 0 aliphatic rings. The summed E-state index contributed by atoms with van der Waals surface area (Å²) in [5.41, 5.74) is 1.58. The van der Waals surface area contributed by atoms with Gasteiger partial charge in [-0.05, 0) is 41.7 Å². The number of rotatable bonds is 4. The highest BCUT2D eigenvalue weighted by atomic mass is 16.6. The van der Waals surface area contributed by atoms with Gasteiger partial charge in [-0.2, -0.15) is 0 Å². The van der Waals surface area contributed by atoms with Gasteiger partial charge in [-0.15, -0.1) is 0 Å². The Morgan fingerprint density at radius 1 is 1.21 bits per heavy atom. The molecule has 3 heteroatoms. The van der Waals surface area contributed by atoms with Crippen molar-refractivity contribution in [2.45, 2.75) is 27.2 Å². The lowest BCUT2D eigenvalue weighted by atomic mass is 10.1. The molecule has 0 bridgehead atoms. The van der Waals surface area contributed by atoms with Crippen LogP contribution in [0, 0.1) is 5.92 Å². The Kier molecular flexibility index (Phi) is 4.11. The maximum absolute atomic E-state index is 4.65. The number of allylic oxidation sites excluding steroid dienone is 2. The molecule has 0 saturated heterocycles. The van der Waals surface area contributed by atoms with E-state index in [0.717, 1.165) is 17.8 Å². The lowest BCUT2D eigenvalue weighted by Gasteiger charge is -1.95. The van der Waals surface area contributed by atoms with Crippen LogP contribution in [0.4, 0.5) is 0 Å². The van der Waals surface area contributed by atoms with Gasteiger partial charge >= 0.3 is 0 Å². The molecule has 0 radical (unpaired) electrons. The van der Waals surface area contributed by atoms with E-state index in [1.165, 1.54) is 0 Å². The van der Waals surface area contributed by atoms with Gasteiger partial charge in [-0.3, -0.25) is 0 Å². The molecule has 0 fully saturated rings. The Bertz CT molecular complexity index is 324. The molecule has 0 aliphatic heterocycles. The molecule has 0 aromatic carbocycles. The molecule has 0 N–H and O–H groups in total. The molecule has 1 aromatic rings. The van der Waals surface area contributed by atoms with Crippen LogP contribution in [0.3, 0.4) is 0 Å². The van der Waals surface area contributed by atoms with E-state index in [9.17, 15) is 0 Å². The van der Waals surface area contributed by atoms with Crippen LogP contribution in [-0.2, 0) is 0 Å². The highest BCUT2D eigenvalue weighted by Crippen LogP contribution is 2.09. The van der Waals surface area contributed by atoms with Crippen molar-refractivity contribution in [1.82, 2.24) is 10.3 Å². The largest absolute Gasteiger partial charge is 0.243 e. The number of nitrogens with zero attached hydrogens (tertiary/aromatic N) is 2. The second-order valence-corrected chi connectivity index (χ2v) is 3.57. The summed E-state index contributed by atoms with van der Waals surface area (Å²) in [6.45, 7) is 6.30. The molecule has 0 atom stereocenters. The fraction of sp³-hybridized carbons (Fsp3) is 0.455. The van der Waals surface area contributed by atoms with Crippen LogP contribution in [0.1, 0.15) is 38.6 Å². The zero-order valence-corrected chi connectivity index (χ0v) is 8.90. The third-order valence-electron chi connectivity index (χ3n) is 1.75. The zero-order valence-electron chi connectivity index (χ0n) is 8.90. The molecule has 0 amide bonds. The molecular weight excluding hydrogens is 176 g/mol. The van der Waals surface area contributed by atoms with Gasteiger partial charge in [-0.1, -0.05) is 26.0 Å². The maximum Gasteiger partial charge on any atom is 0.134 e. The number of hydrogen-bond donors (Lipinski definition) is 0. The van der Waals surface area contributed by atoms with Crippen LogP contribution in [0.25, 0.3) is 12.2 Å². The Balaban J connectivity index is 2.66. The third kappa shape index (κ3) is 3.17. The van der Waals surface area contributed by atoms with Crippen molar-refractivity contribution in [2.75, 3.05) is 0 Å². The highest BCUT2D eigenvalue weighted by molar-refractivity contribution is 5.58. The van der Waals surface area contributed by atoms with Crippen LogP contribution in [0.2, 0.25) is 0 Å². The molecular formula is C11H16N2O.